The van der Waals surface area contributed by atoms with Crippen molar-refractivity contribution in [2.75, 3.05) is 25.1 Å². The largest absolute Gasteiger partial charge is 0.341 e. The molecule has 0 bridgehead atoms. The predicted molar refractivity (Wildman–Crippen MR) is 84.5 cm³/mol. The van der Waals surface area contributed by atoms with Crippen LogP contribution in [0, 0.1) is 5.92 Å². The van der Waals surface area contributed by atoms with Crippen LogP contribution in [0.4, 0.5) is 0 Å². The summed E-state index contributed by atoms with van der Waals surface area (Å²) < 4.78 is 0. The third-order valence-electron chi connectivity index (χ3n) is 3.28. The summed E-state index contributed by atoms with van der Waals surface area (Å²) in [6.45, 7) is 8.01. The maximum absolute atomic E-state index is 12.1. The van der Waals surface area contributed by atoms with E-state index in [1.54, 1.807) is 11.8 Å². The van der Waals surface area contributed by atoms with Crippen LogP contribution in [0.5, 0.6) is 0 Å². The fraction of sp³-hybridized carbons (Fsp3) is 0.923. The molecule has 1 atom stereocenters. The Morgan fingerprint density at radius 3 is 2.22 bits per heavy atom. The van der Waals surface area contributed by atoms with E-state index in [0.29, 0.717) is 5.92 Å². The highest BCUT2D eigenvalue weighted by Crippen LogP contribution is 2.11. The molecule has 0 heterocycles. The predicted octanol–water partition coefficient (Wildman–Crippen LogP) is 2.77. The molecule has 110 valence electrons. The summed E-state index contributed by atoms with van der Waals surface area (Å²) in [5, 5.41) is 0. The highest BCUT2D eigenvalue weighted by molar-refractivity contribution is 7.98. The number of carbonyl (C=O) groups is 1. The first kappa shape index (κ1) is 20.4. The van der Waals surface area contributed by atoms with Gasteiger partial charge in [0, 0.05) is 13.1 Å². The molecule has 0 aromatic heterocycles. The lowest BCUT2D eigenvalue weighted by Crippen LogP contribution is -2.45. The van der Waals surface area contributed by atoms with Gasteiger partial charge in [-0.25, -0.2) is 0 Å². The van der Waals surface area contributed by atoms with Gasteiger partial charge in [0.2, 0.25) is 5.91 Å². The minimum atomic E-state index is -0.322. The zero-order chi connectivity index (χ0) is 13.3. The summed E-state index contributed by atoms with van der Waals surface area (Å²) in [6.07, 6.45) is 5.07. The van der Waals surface area contributed by atoms with Crippen LogP contribution in [0.15, 0.2) is 0 Å². The number of thioether (sulfide) groups is 1. The normalized spacial score (nSPS) is 12.1. The number of hydrogen-bond donors (Lipinski definition) is 1. The monoisotopic (exact) mass is 296 g/mol. The summed E-state index contributed by atoms with van der Waals surface area (Å²) in [5.74, 6) is 1.68. The fourth-order valence-corrected chi connectivity index (χ4v) is 2.33. The average molecular weight is 297 g/mol. The molecular weight excluding hydrogens is 268 g/mol. The first-order chi connectivity index (χ1) is 8.10. The van der Waals surface area contributed by atoms with E-state index < -0.39 is 0 Å². The Hall–Kier alpha value is 0.0700. The van der Waals surface area contributed by atoms with Crippen molar-refractivity contribution in [2.24, 2.45) is 11.7 Å². The number of hydrogen-bond acceptors (Lipinski definition) is 3. The zero-order valence-electron chi connectivity index (χ0n) is 12.1. The number of carbonyl (C=O) groups excluding carboxylic acids is 1. The third-order valence-corrected chi connectivity index (χ3v) is 3.92. The van der Waals surface area contributed by atoms with Crippen LogP contribution in [0.25, 0.3) is 0 Å². The van der Waals surface area contributed by atoms with Crippen LogP contribution in [0.2, 0.25) is 0 Å². The molecule has 1 amide bonds. The Kier molecular flexibility index (Phi) is 13.7. The summed E-state index contributed by atoms with van der Waals surface area (Å²) in [7, 11) is 0. The fourth-order valence-electron chi connectivity index (χ4n) is 1.84. The first-order valence-corrected chi connectivity index (χ1v) is 8.03. The van der Waals surface area contributed by atoms with Gasteiger partial charge in [0.25, 0.3) is 0 Å². The van der Waals surface area contributed by atoms with Gasteiger partial charge in [-0.15, -0.1) is 12.4 Å². The maximum Gasteiger partial charge on any atom is 0.239 e. The van der Waals surface area contributed by atoms with Gasteiger partial charge in [-0.1, -0.05) is 26.7 Å². The smallest absolute Gasteiger partial charge is 0.239 e. The minimum Gasteiger partial charge on any atom is -0.341 e. The molecule has 0 radical (unpaired) electrons. The molecule has 0 unspecified atom stereocenters. The average Bonchev–Trinajstić information content (AvgIpc) is 2.36. The van der Waals surface area contributed by atoms with Gasteiger partial charge in [-0.05, 0) is 31.3 Å². The van der Waals surface area contributed by atoms with Crippen LogP contribution in [0.1, 0.15) is 40.0 Å². The van der Waals surface area contributed by atoms with Crippen molar-refractivity contribution in [3.63, 3.8) is 0 Å². The zero-order valence-corrected chi connectivity index (χ0v) is 13.8. The summed E-state index contributed by atoms with van der Waals surface area (Å²) >= 11 is 1.74. The van der Waals surface area contributed by atoms with Gasteiger partial charge < -0.3 is 10.6 Å². The second kappa shape index (κ2) is 12.1. The number of halogens is 1. The number of rotatable bonds is 9. The molecule has 0 aromatic rings. The van der Waals surface area contributed by atoms with E-state index in [0.717, 1.165) is 38.1 Å². The standard InChI is InChI=1S/C13H28N2OS.ClH/c1-5-11(6-2)10-15(7-3)13(16)12(14)8-9-17-4;/h11-12H,5-10,14H2,1-4H3;1H/t12-;/m0./s1. The second-order valence-electron chi connectivity index (χ2n) is 4.45. The van der Waals surface area contributed by atoms with E-state index in [2.05, 4.69) is 13.8 Å². The maximum atomic E-state index is 12.1. The van der Waals surface area contributed by atoms with Gasteiger partial charge >= 0.3 is 0 Å². The highest BCUT2D eigenvalue weighted by atomic mass is 35.5. The topological polar surface area (TPSA) is 46.3 Å². The summed E-state index contributed by atoms with van der Waals surface area (Å²) in [6, 6.07) is -0.322. The molecule has 0 aliphatic rings. The first-order valence-electron chi connectivity index (χ1n) is 6.63. The third kappa shape index (κ3) is 7.49. The van der Waals surface area contributed by atoms with Crippen LogP contribution < -0.4 is 5.73 Å². The van der Waals surface area contributed by atoms with Crippen molar-refractivity contribution in [3.8, 4) is 0 Å². The number of nitrogens with zero attached hydrogens (tertiary/aromatic N) is 1. The molecule has 5 heteroatoms. The Bertz CT molecular complexity index is 213. The van der Waals surface area contributed by atoms with Crippen LogP contribution >= 0.6 is 24.2 Å². The minimum absolute atomic E-state index is 0. The van der Waals surface area contributed by atoms with Gasteiger partial charge in [0.05, 0.1) is 6.04 Å². The molecule has 0 rings (SSSR count). The van der Waals surface area contributed by atoms with Gasteiger partial charge in [-0.2, -0.15) is 11.8 Å². The van der Waals surface area contributed by atoms with E-state index in [1.807, 2.05) is 18.1 Å². The molecule has 0 fully saturated rings. The van der Waals surface area contributed by atoms with Crippen LogP contribution in [-0.2, 0) is 4.79 Å². The second-order valence-corrected chi connectivity index (χ2v) is 5.43. The van der Waals surface area contributed by atoms with Crippen molar-refractivity contribution in [2.45, 2.75) is 46.1 Å². The molecule has 0 aliphatic heterocycles. The Morgan fingerprint density at radius 2 is 1.83 bits per heavy atom. The van der Waals surface area contributed by atoms with Crippen molar-refractivity contribution in [1.29, 1.82) is 0 Å². The molecule has 0 aromatic carbocycles. The van der Waals surface area contributed by atoms with E-state index in [4.69, 9.17) is 5.73 Å². The molecule has 18 heavy (non-hydrogen) atoms. The lowest BCUT2D eigenvalue weighted by atomic mass is 10.0. The van der Waals surface area contributed by atoms with E-state index in [1.165, 1.54) is 0 Å². The number of nitrogens with two attached hydrogens (primary N) is 1. The molecule has 0 spiro atoms. The number of likely N-dealkylation sites (N-methyl/N-ethyl adjacent to an activating group) is 1. The van der Waals surface area contributed by atoms with Gasteiger partial charge in [0.15, 0.2) is 0 Å². The summed E-state index contributed by atoms with van der Waals surface area (Å²) in [5.41, 5.74) is 5.93. The Morgan fingerprint density at radius 1 is 1.28 bits per heavy atom. The molecule has 0 saturated heterocycles. The van der Waals surface area contributed by atoms with Gasteiger partial charge in [0.1, 0.15) is 0 Å². The molecule has 0 saturated carbocycles. The van der Waals surface area contributed by atoms with E-state index in [-0.39, 0.29) is 24.4 Å². The highest BCUT2D eigenvalue weighted by Gasteiger charge is 2.21. The van der Waals surface area contributed by atoms with E-state index >= 15 is 0 Å². The molecule has 3 nitrogen and oxygen atoms in total. The van der Waals surface area contributed by atoms with Crippen molar-refractivity contribution in [3.05, 3.63) is 0 Å². The number of amides is 1. The van der Waals surface area contributed by atoms with Crippen LogP contribution in [-0.4, -0.2) is 41.9 Å². The van der Waals surface area contributed by atoms with Crippen LogP contribution in [0.3, 0.4) is 0 Å². The lowest BCUT2D eigenvalue weighted by molar-refractivity contribution is -0.133. The van der Waals surface area contributed by atoms with Crippen molar-refractivity contribution in [1.82, 2.24) is 4.90 Å². The molecule has 2 N–H and O–H groups in total. The van der Waals surface area contributed by atoms with Crippen molar-refractivity contribution >= 4 is 30.1 Å². The quantitative estimate of drug-likeness (QED) is 0.712. The SMILES string of the molecule is CCC(CC)CN(CC)C(=O)[C@@H](N)CCSC.Cl. The Balaban J connectivity index is 0. The lowest BCUT2D eigenvalue weighted by Gasteiger charge is -2.27. The molecular formula is C13H29ClN2OS. The van der Waals surface area contributed by atoms with Gasteiger partial charge in [-0.3, -0.25) is 4.79 Å². The summed E-state index contributed by atoms with van der Waals surface area (Å²) in [4.78, 5) is 14.1. The Labute approximate surface area is 123 Å². The van der Waals surface area contributed by atoms with E-state index in [9.17, 15) is 4.79 Å². The molecule has 0 aliphatic carbocycles. The van der Waals surface area contributed by atoms with Crippen molar-refractivity contribution < 1.29 is 4.79 Å².